The van der Waals surface area contributed by atoms with Crippen LogP contribution in [-0.2, 0) is 0 Å². The van der Waals surface area contributed by atoms with Crippen molar-refractivity contribution in [2.45, 2.75) is 6.92 Å². The normalized spacial score (nSPS) is 10.8. The van der Waals surface area contributed by atoms with Gasteiger partial charge in [0.15, 0.2) is 11.6 Å². The number of hydrogen-bond acceptors (Lipinski definition) is 4. The Morgan fingerprint density at radius 1 is 1.32 bits per heavy atom. The summed E-state index contributed by atoms with van der Waals surface area (Å²) in [4.78, 5) is 0. The zero-order valence-electron chi connectivity index (χ0n) is 10.2. The molecule has 0 aliphatic carbocycles. The lowest BCUT2D eigenvalue weighted by Gasteiger charge is -2.05. The van der Waals surface area contributed by atoms with Crippen molar-refractivity contribution in [3.8, 4) is 22.5 Å². The van der Waals surface area contributed by atoms with Crippen LogP contribution in [0.3, 0.4) is 0 Å². The third-order valence-electron chi connectivity index (χ3n) is 2.96. The Labute approximate surface area is 123 Å². The van der Waals surface area contributed by atoms with Crippen molar-refractivity contribution in [2.75, 3.05) is 5.73 Å². The fraction of sp³-hybridized carbons (Fsp3) is 0.0714. The smallest absolute Gasteiger partial charge is 0.177 e. The number of aryl methyl sites for hydroxylation is 1. The molecule has 2 aromatic heterocycles. The van der Waals surface area contributed by atoms with Crippen molar-refractivity contribution < 1.29 is 4.52 Å². The van der Waals surface area contributed by atoms with E-state index in [0.29, 0.717) is 11.6 Å². The Morgan fingerprint density at radius 3 is 2.79 bits per heavy atom. The van der Waals surface area contributed by atoms with Crippen LogP contribution in [0.25, 0.3) is 22.5 Å². The number of thiophene rings is 1. The van der Waals surface area contributed by atoms with Crippen LogP contribution in [0, 0.1) is 6.92 Å². The van der Waals surface area contributed by atoms with E-state index in [-0.39, 0.29) is 0 Å². The van der Waals surface area contributed by atoms with Gasteiger partial charge in [-0.1, -0.05) is 29.4 Å². The molecular formula is C14H11BrN2OS. The lowest BCUT2D eigenvalue weighted by atomic mass is 9.99. The summed E-state index contributed by atoms with van der Waals surface area (Å²) in [7, 11) is 0. The van der Waals surface area contributed by atoms with Crippen LogP contribution in [0.15, 0.2) is 44.0 Å². The van der Waals surface area contributed by atoms with E-state index in [0.717, 1.165) is 26.0 Å². The summed E-state index contributed by atoms with van der Waals surface area (Å²) in [6, 6.07) is 10.1. The first-order valence-corrected chi connectivity index (χ1v) is 7.39. The Bertz CT molecular complexity index is 733. The highest BCUT2D eigenvalue weighted by Crippen LogP contribution is 2.40. The summed E-state index contributed by atoms with van der Waals surface area (Å²) < 4.78 is 6.46. The van der Waals surface area contributed by atoms with Gasteiger partial charge in [0.1, 0.15) is 0 Å². The molecule has 3 rings (SSSR count). The van der Waals surface area contributed by atoms with Gasteiger partial charge in [0, 0.05) is 10.9 Å². The number of aromatic nitrogens is 1. The topological polar surface area (TPSA) is 52.0 Å². The zero-order valence-corrected chi connectivity index (χ0v) is 12.6. The third-order valence-corrected chi connectivity index (χ3v) is 4.47. The minimum absolute atomic E-state index is 0.423. The van der Waals surface area contributed by atoms with Crippen LogP contribution in [-0.4, -0.2) is 5.16 Å². The van der Waals surface area contributed by atoms with Gasteiger partial charge in [0.25, 0.3) is 0 Å². The Kier molecular flexibility index (Phi) is 3.16. The summed E-state index contributed by atoms with van der Waals surface area (Å²) in [5, 5.41) is 5.93. The molecule has 0 unspecified atom stereocenters. The van der Waals surface area contributed by atoms with Crippen molar-refractivity contribution in [3.63, 3.8) is 0 Å². The van der Waals surface area contributed by atoms with Crippen LogP contribution in [0.4, 0.5) is 5.82 Å². The van der Waals surface area contributed by atoms with Crippen LogP contribution >= 0.6 is 27.3 Å². The zero-order chi connectivity index (χ0) is 13.4. The molecule has 0 amide bonds. The van der Waals surface area contributed by atoms with Gasteiger partial charge in [-0.05, 0) is 40.0 Å². The molecule has 0 saturated carbocycles. The lowest BCUT2D eigenvalue weighted by Crippen LogP contribution is -1.90. The number of nitrogens with two attached hydrogens (primary N) is 1. The number of nitrogen functional groups attached to an aromatic ring is 1. The van der Waals surface area contributed by atoms with Crippen molar-refractivity contribution in [1.29, 1.82) is 0 Å². The molecular weight excluding hydrogens is 324 g/mol. The van der Waals surface area contributed by atoms with Gasteiger partial charge in [-0.2, -0.15) is 0 Å². The summed E-state index contributed by atoms with van der Waals surface area (Å²) in [6.07, 6.45) is 0. The minimum atomic E-state index is 0.423. The Morgan fingerprint density at radius 2 is 2.11 bits per heavy atom. The molecule has 0 aliphatic rings. The molecule has 2 N–H and O–H groups in total. The molecule has 3 nitrogen and oxygen atoms in total. The second-order valence-electron chi connectivity index (χ2n) is 4.23. The predicted octanol–water partition coefficient (Wildman–Crippen LogP) is 4.72. The average Bonchev–Trinajstić information content (AvgIpc) is 2.96. The Hall–Kier alpha value is -1.59. The predicted molar refractivity (Wildman–Crippen MR) is 82.1 cm³/mol. The number of rotatable bonds is 2. The molecule has 19 heavy (non-hydrogen) atoms. The quantitative estimate of drug-likeness (QED) is 0.737. The van der Waals surface area contributed by atoms with Gasteiger partial charge in [0.05, 0.1) is 9.35 Å². The van der Waals surface area contributed by atoms with Gasteiger partial charge >= 0.3 is 0 Å². The first kappa shape index (κ1) is 12.4. The van der Waals surface area contributed by atoms with E-state index in [1.54, 1.807) is 11.3 Å². The van der Waals surface area contributed by atoms with Crippen LogP contribution < -0.4 is 5.73 Å². The van der Waals surface area contributed by atoms with Gasteiger partial charge in [0.2, 0.25) is 0 Å². The largest absolute Gasteiger partial charge is 0.380 e. The minimum Gasteiger partial charge on any atom is -0.380 e. The molecule has 0 bridgehead atoms. The number of halogens is 1. The molecule has 0 radical (unpaired) electrons. The highest BCUT2D eigenvalue weighted by Gasteiger charge is 2.19. The second-order valence-corrected chi connectivity index (χ2v) is 6.52. The average molecular weight is 335 g/mol. The molecule has 96 valence electrons. The van der Waals surface area contributed by atoms with Gasteiger partial charge < -0.3 is 10.3 Å². The van der Waals surface area contributed by atoms with E-state index < -0.39 is 0 Å². The van der Waals surface area contributed by atoms with E-state index >= 15 is 0 Å². The molecule has 0 atom stereocenters. The number of hydrogen-bond donors (Lipinski definition) is 1. The molecule has 0 spiro atoms. The van der Waals surface area contributed by atoms with Crippen LogP contribution in [0.1, 0.15) is 5.56 Å². The van der Waals surface area contributed by atoms with Crippen molar-refractivity contribution in [2.24, 2.45) is 0 Å². The summed E-state index contributed by atoms with van der Waals surface area (Å²) in [5.74, 6) is 1.14. The maximum Gasteiger partial charge on any atom is 0.177 e. The van der Waals surface area contributed by atoms with E-state index in [1.807, 2.05) is 29.6 Å². The SMILES string of the molecule is Cc1ccccc1-c1c(N)noc1-c1csc(Br)c1. The second kappa shape index (κ2) is 4.83. The molecule has 0 aliphatic heterocycles. The van der Waals surface area contributed by atoms with Crippen molar-refractivity contribution >= 4 is 33.1 Å². The standard InChI is InChI=1S/C14H11BrN2OS/c1-8-4-2-3-5-10(8)12-13(18-17-14(12)16)9-6-11(15)19-7-9/h2-7H,1H3,(H2,16,17). The molecule has 1 aromatic carbocycles. The van der Waals surface area contributed by atoms with E-state index in [4.69, 9.17) is 10.3 Å². The lowest BCUT2D eigenvalue weighted by molar-refractivity contribution is 0.436. The van der Waals surface area contributed by atoms with E-state index in [1.165, 1.54) is 0 Å². The molecule has 0 fully saturated rings. The maximum atomic E-state index is 5.97. The number of anilines is 1. The van der Waals surface area contributed by atoms with Gasteiger partial charge in [-0.15, -0.1) is 11.3 Å². The maximum absolute atomic E-state index is 5.97. The molecule has 3 aromatic rings. The summed E-state index contributed by atoms with van der Waals surface area (Å²) in [6.45, 7) is 2.05. The third kappa shape index (κ3) is 2.19. The number of benzene rings is 1. The van der Waals surface area contributed by atoms with Gasteiger partial charge in [-0.3, -0.25) is 0 Å². The highest BCUT2D eigenvalue weighted by atomic mass is 79.9. The van der Waals surface area contributed by atoms with Gasteiger partial charge in [-0.25, -0.2) is 0 Å². The van der Waals surface area contributed by atoms with E-state index in [9.17, 15) is 0 Å². The first-order chi connectivity index (χ1) is 9.16. The molecule has 5 heteroatoms. The summed E-state index contributed by atoms with van der Waals surface area (Å²) in [5.41, 5.74) is 10.0. The van der Waals surface area contributed by atoms with E-state index in [2.05, 4.69) is 34.1 Å². The first-order valence-electron chi connectivity index (χ1n) is 5.72. The number of nitrogens with zero attached hydrogens (tertiary/aromatic N) is 1. The fourth-order valence-corrected chi connectivity index (χ4v) is 3.18. The van der Waals surface area contributed by atoms with Crippen molar-refractivity contribution in [3.05, 3.63) is 45.1 Å². The summed E-state index contributed by atoms with van der Waals surface area (Å²) >= 11 is 5.06. The molecule has 0 saturated heterocycles. The monoisotopic (exact) mass is 334 g/mol. The fourth-order valence-electron chi connectivity index (χ4n) is 2.04. The van der Waals surface area contributed by atoms with Crippen LogP contribution in [0.5, 0.6) is 0 Å². The van der Waals surface area contributed by atoms with Crippen molar-refractivity contribution in [1.82, 2.24) is 5.16 Å². The Balaban J connectivity index is 2.22. The highest BCUT2D eigenvalue weighted by molar-refractivity contribution is 9.11. The van der Waals surface area contributed by atoms with Crippen LogP contribution in [0.2, 0.25) is 0 Å². The molecule has 2 heterocycles.